The van der Waals surface area contributed by atoms with E-state index >= 15 is 0 Å². The molecule has 0 aliphatic rings. The first-order valence-corrected chi connectivity index (χ1v) is 8.66. The Balaban J connectivity index is 2.59. The minimum Gasteiger partial charge on any atom is -0.444 e. The molecule has 1 heterocycles. The highest BCUT2D eigenvalue weighted by atomic mass is 16.7. The molecule has 13 heteroatoms. The fraction of sp³-hybridized carbons (Fsp3) is 0.562. The molecule has 0 fully saturated rings. The van der Waals surface area contributed by atoms with Gasteiger partial charge in [0.25, 0.3) is 5.91 Å². The second kappa shape index (κ2) is 12.0. The summed E-state index contributed by atoms with van der Waals surface area (Å²) in [5.41, 5.74) is -0.741. The zero-order valence-electron chi connectivity index (χ0n) is 16.6. The number of oxime groups is 1. The molecule has 0 saturated heterocycles. The van der Waals surface area contributed by atoms with Crippen LogP contribution in [0.1, 0.15) is 34.1 Å². The molecule has 0 aliphatic carbocycles. The normalized spacial score (nSPS) is 11.9. The second-order valence-electron chi connectivity index (χ2n) is 6.38. The number of H-pyrrole nitrogens is 1. The molecule has 0 aromatic carbocycles. The first kappa shape index (κ1) is 23.5. The van der Waals surface area contributed by atoms with E-state index in [1.807, 2.05) is 0 Å². The molecule has 1 rings (SSSR count). The number of nitrogens with one attached hydrogen (secondary N) is 4. The summed E-state index contributed by atoms with van der Waals surface area (Å²) in [5, 5.41) is 23.7. The van der Waals surface area contributed by atoms with Gasteiger partial charge in [-0.2, -0.15) is 0 Å². The maximum atomic E-state index is 12.3. The molecule has 158 valence electrons. The summed E-state index contributed by atoms with van der Waals surface area (Å²) in [4.78, 5) is 39.7. The van der Waals surface area contributed by atoms with Crippen LogP contribution in [-0.4, -0.2) is 69.5 Å². The van der Waals surface area contributed by atoms with Gasteiger partial charge in [0, 0.05) is 13.0 Å². The number of carbonyl (C=O) groups excluding carboxylic acids is 3. The Bertz CT molecular complexity index is 761. The van der Waals surface area contributed by atoms with Crippen LogP contribution in [0.15, 0.2) is 5.16 Å². The third-order valence-corrected chi connectivity index (χ3v) is 2.72. The summed E-state index contributed by atoms with van der Waals surface area (Å²) < 4.78 is 5.13. The van der Waals surface area contributed by atoms with Gasteiger partial charge in [-0.15, -0.1) is 0 Å². The maximum Gasteiger partial charge on any atom is 0.409 e. The fourth-order valence-electron chi connectivity index (χ4n) is 1.54. The van der Waals surface area contributed by atoms with Crippen molar-refractivity contribution >= 4 is 30.1 Å². The van der Waals surface area contributed by atoms with Crippen molar-refractivity contribution in [2.75, 3.05) is 18.4 Å². The van der Waals surface area contributed by atoms with Crippen LogP contribution in [0.4, 0.5) is 10.7 Å². The van der Waals surface area contributed by atoms with Crippen molar-refractivity contribution in [2.24, 2.45) is 5.16 Å². The third kappa shape index (κ3) is 11.0. The Morgan fingerprint density at radius 2 is 2.10 bits per heavy atom. The van der Waals surface area contributed by atoms with Crippen LogP contribution in [0, 0.1) is 11.8 Å². The monoisotopic (exact) mass is 408 g/mol. The standard InChI is InChI=1S/C16H24N8O5/c1-5-12(25)29-18-10-9-17-8-6-7-11(19-15(27)28-16(2,3)4)13(26)20-14-21-23-24-22-14/h10-11,17H,5,8-9H2,1-4H3,(H,19,27)(H2,20,21,22,23,24,26)/b18-10+. The Morgan fingerprint density at radius 3 is 2.72 bits per heavy atom. The number of carbonyl (C=O) groups is 3. The Labute approximate surface area is 167 Å². The summed E-state index contributed by atoms with van der Waals surface area (Å²) in [7, 11) is 0. The Morgan fingerprint density at radius 1 is 1.34 bits per heavy atom. The van der Waals surface area contributed by atoms with Gasteiger partial charge in [0.2, 0.25) is 5.95 Å². The van der Waals surface area contributed by atoms with Crippen molar-refractivity contribution in [1.29, 1.82) is 0 Å². The molecule has 1 unspecified atom stereocenters. The number of aromatic nitrogens is 4. The van der Waals surface area contributed by atoms with Gasteiger partial charge in [0.15, 0.2) is 6.04 Å². The van der Waals surface area contributed by atoms with Crippen molar-refractivity contribution in [3.63, 3.8) is 0 Å². The minimum atomic E-state index is -1.21. The van der Waals surface area contributed by atoms with Crippen LogP contribution in [0.2, 0.25) is 0 Å². The first-order valence-electron chi connectivity index (χ1n) is 8.66. The molecule has 1 aromatic heterocycles. The zero-order valence-corrected chi connectivity index (χ0v) is 16.6. The van der Waals surface area contributed by atoms with E-state index in [4.69, 9.17) is 4.74 Å². The molecule has 0 saturated carbocycles. The summed E-state index contributed by atoms with van der Waals surface area (Å²) in [5.74, 6) is 4.23. The van der Waals surface area contributed by atoms with Crippen LogP contribution in [-0.2, 0) is 19.2 Å². The fourth-order valence-corrected chi connectivity index (χ4v) is 1.54. The maximum absolute atomic E-state index is 12.3. The molecule has 29 heavy (non-hydrogen) atoms. The Kier molecular flexibility index (Phi) is 9.75. The SMILES string of the molecule is CCC(=O)O/N=C/CNCC#CC(NC(=O)OC(C)(C)C)C(=O)Nc1nnn[nH]1. The van der Waals surface area contributed by atoms with Crippen LogP contribution in [0.5, 0.6) is 0 Å². The molecule has 4 N–H and O–H groups in total. The largest absolute Gasteiger partial charge is 0.444 e. The van der Waals surface area contributed by atoms with Crippen molar-refractivity contribution in [3.8, 4) is 11.8 Å². The molecule has 1 atom stereocenters. The minimum absolute atomic E-state index is 0.00347. The van der Waals surface area contributed by atoms with E-state index in [9.17, 15) is 14.4 Å². The number of nitrogens with zero attached hydrogens (tertiary/aromatic N) is 4. The highest BCUT2D eigenvalue weighted by Gasteiger charge is 2.23. The third-order valence-electron chi connectivity index (χ3n) is 2.72. The van der Waals surface area contributed by atoms with Gasteiger partial charge in [-0.05, 0) is 31.2 Å². The average Bonchev–Trinajstić information content (AvgIpc) is 3.13. The highest BCUT2D eigenvalue weighted by Crippen LogP contribution is 2.07. The van der Waals surface area contributed by atoms with Crippen molar-refractivity contribution in [3.05, 3.63) is 0 Å². The molecule has 2 amide bonds. The van der Waals surface area contributed by atoms with Crippen LogP contribution in [0.25, 0.3) is 0 Å². The molecular weight excluding hydrogens is 384 g/mol. The van der Waals surface area contributed by atoms with Gasteiger partial charge in [-0.25, -0.2) is 14.7 Å². The Hall–Kier alpha value is -3.53. The molecular formula is C16H24N8O5. The summed E-state index contributed by atoms with van der Waals surface area (Å²) in [6.07, 6.45) is 0.782. The average molecular weight is 408 g/mol. The van der Waals surface area contributed by atoms with Crippen LogP contribution < -0.4 is 16.0 Å². The van der Waals surface area contributed by atoms with Gasteiger partial charge in [0.1, 0.15) is 5.60 Å². The van der Waals surface area contributed by atoms with E-state index in [-0.39, 0.29) is 25.5 Å². The molecule has 1 aromatic rings. The number of alkyl carbamates (subject to hydrolysis) is 1. The van der Waals surface area contributed by atoms with Gasteiger partial charge in [-0.1, -0.05) is 29.0 Å². The van der Waals surface area contributed by atoms with Gasteiger partial charge >= 0.3 is 12.1 Å². The van der Waals surface area contributed by atoms with E-state index in [2.05, 4.69) is 58.4 Å². The number of anilines is 1. The van der Waals surface area contributed by atoms with E-state index in [0.717, 1.165) is 0 Å². The zero-order chi connectivity index (χ0) is 21.7. The lowest BCUT2D eigenvalue weighted by Crippen LogP contribution is -2.45. The smallest absolute Gasteiger partial charge is 0.409 e. The van der Waals surface area contributed by atoms with Crippen molar-refractivity contribution in [1.82, 2.24) is 31.3 Å². The van der Waals surface area contributed by atoms with Gasteiger partial charge in [-0.3, -0.25) is 15.4 Å². The van der Waals surface area contributed by atoms with Gasteiger partial charge in [0.05, 0.1) is 12.8 Å². The quantitative estimate of drug-likeness (QED) is 0.146. The molecule has 0 radical (unpaired) electrons. The first-order chi connectivity index (χ1) is 13.7. The number of aromatic amines is 1. The predicted molar refractivity (Wildman–Crippen MR) is 101 cm³/mol. The summed E-state index contributed by atoms with van der Waals surface area (Å²) >= 11 is 0. The van der Waals surface area contributed by atoms with E-state index < -0.39 is 29.6 Å². The number of hydrogen-bond acceptors (Lipinski definition) is 10. The van der Waals surface area contributed by atoms with Crippen molar-refractivity contribution < 1.29 is 24.0 Å². The van der Waals surface area contributed by atoms with Crippen LogP contribution in [0.3, 0.4) is 0 Å². The molecule has 0 bridgehead atoms. The predicted octanol–water partition coefficient (Wildman–Crippen LogP) is -0.436. The van der Waals surface area contributed by atoms with E-state index in [1.165, 1.54) is 6.21 Å². The number of ether oxygens (including phenoxy) is 1. The van der Waals surface area contributed by atoms with E-state index in [0.29, 0.717) is 0 Å². The van der Waals surface area contributed by atoms with E-state index in [1.54, 1.807) is 27.7 Å². The van der Waals surface area contributed by atoms with Gasteiger partial charge < -0.3 is 14.9 Å². The molecule has 0 spiro atoms. The lowest BCUT2D eigenvalue weighted by Gasteiger charge is -2.21. The number of rotatable bonds is 8. The lowest BCUT2D eigenvalue weighted by atomic mass is 10.2. The summed E-state index contributed by atoms with van der Waals surface area (Å²) in [6.45, 7) is 7.19. The number of tetrazole rings is 1. The number of hydrogen-bond donors (Lipinski definition) is 4. The van der Waals surface area contributed by atoms with Crippen molar-refractivity contribution in [2.45, 2.75) is 45.8 Å². The summed E-state index contributed by atoms with van der Waals surface area (Å²) in [6, 6.07) is -1.21. The lowest BCUT2D eigenvalue weighted by molar-refractivity contribution is -0.143. The highest BCUT2D eigenvalue weighted by molar-refractivity contribution is 5.97. The second-order valence-corrected chi connectivity index (χ2v) is 6.38. The number of amides is 2. The molecule has 0 aliphatic heterocycles. The van der Waals surface area contributed by atoms with Crippen LogP contribution >= 0.6 is 0 Å². The molecule has 13 nitrogen and oxygen atoms in total. The topological polar surface area (TPSA) is 173 Å².